The van der Waals surface area contributed by atoms with Gasteiger partial charge in [0.15, 0.2) is 5.76 Å². The Labute approximate surface area is 145 Å². The van der Waals surface area contributed by atoms with Crippen LogP contribution in [0.5, 0.6) is 0 Å². The van der Waals surface area contributed by atoms with Gasteiger partial charge in [0.05, 0.1) is 12.8 Å². The van der Waals surface area contributed by atoms with Crippen LogP contribution in [-0.4, -0.2) is 42.3 Å². The van der Waals surface area contributed by atoms with Crippen LogP contribution in [0.2, 0.25) is 0 Å². The molecule has 0 unspecified atom stereocenters. The Kier molecular flexibility index (Phi) is 4.83. The van der Waals surface area contributed by atoms with Crippen LogP contribution in [0, 0.1) is 0 Å². The number of amides is 3. The van der Waals surface area contributed by atoms with E-state index in [9.17, 15) is 14.4 Å². The van der Waals surface area contributed by atoms with Crippen molar-refractivity contribution in [2.45, 2.75) is 18.9 Å². The van der Waals surface area contributed by atoms with E-state index in [1.165, 1.54) is 18.2 Å². The molecule has 2 aromatic rings. The molecular formula is C18H19N3O4. The topological polar surface area (TPSA) is 91.7 Å². The average molecular weight is 341 g/mol. The molecule has 0 saturated heterocycles. The number of nitrogens with one attached hydrogen (secondary N) is 2. The van der Waals surface area contributed by atoms with E-state index in [0.29, 0.717) is 11.3 Å². The molecule has 0 radical (unpaired) electrons. The van der Waals surface area contributed by atoms with Crippen LogP contribution >= 0.6 is 0 Å². The van der Waals surface area contributed by atoms with E-state index in [-0.39, 0.29) is 36.1 Å². The third-order valence-electron chi connectivity index (χ3n) is 3.78. The van der Waals surface area contributed by atoms with Gasteiger partial charge in [-0.2, -0.15) is 0 Å². The van der Waals surface area contributed by atoms with Gasteiger partial charge in [0.25, 0.3) is 11.8 Å². The number of hydrogen-bond donors (Lipinski definition) is 2. The summed E-state index contributed by atoms with van der Waals surface area (Å²) in [6, 6.07) is 10.1. The molecule has 1 aromatic heterocycles. The van der Waals surface area contributed by atoms with Gasteiger partial charge in [-0.1, -0.05) is 6.07 Å². The summed E-state index contributed by atoms with van der Waals surface area (Å²) in [5.74, 6) is -0.711. The summed E-state index contributed by atoms with van der Waals surface area (Å²) in [7, 11) is 1.52. The third-order valence-corrected chi connectivity index (χ3v) is 3.78. The zero-order chi connectivity index (χ0) is 17.8. The first-order chi connectivity index (χ1) is 12.0. The number of likely N-dealkylation sites (N-methyl/N-ethyl adjacent to an activating group) is 1. The molecule has 0 atom stereocenters. The second-order valence-corrected chi connectivity index (χ2v) is 6.02. The summed E-state index contributed by atoms with van der Waals surface area (Å²) in [5, 5.41) is 5.59. The first-order valence-electron chi connectivity index (χ1n) is 8.02. The van der Waals surface area contributed by atoms with Gasteiger partial charge in [0.2, 0.25) is 5.91 Å². The molecule has 130 valence electrons. The van der Waals surface area contributed by atoms with E-state index in [0.717, 1.165) is 12.8 Å². The fraction of sp³-hybridized carbons (Fsp3) is 0.278. The van der Waals surface area contributed by atoms with Gasteiger partial charge in [-0.05, 0) is 43.2 Å². The molecule has 1 saturated carbocycles. The maximum absolute atomic E-state index is 12.1. The monoisotopic (exact) mass is 341 g/mol. The van der Waals surface area contributed by atoms with Crippen LogP contribution in [0.15, 0.2) is 47.1 Å². The molecule has 1 aliphatic carbocycles. The highest BCUT2D eigenvalue weighted by molar-refractivity contribution is 5.99. The first kappa shape index (κ1) is 16.8. The Bertz CT molecular complexity index is 781. The van der Waals surface area contributed by atoms with Crippen molar-refractivity contribution in [3.63, 3.8) is 0 Å². The molecule has 1 fully saturated rings. The molecule has 1 heterocycles. The Balaban J connectivity index is 1.57. The molecule has 0 aliphatic heterocycles. The Morgan fingerprint density at radius 1 is 1.20 bits per heavy atom. The second-order valence-electron chi connectivity index (χ2n) is 6.02. The standard InChI is InChI=1S/C18H19N3O4/c1-21(18(24)15-6-3-9-25-15)11-16(22)19-14-5-2-4-12(10-14)17(23)20-13-7-8-13/h2-6,9-10,13H,7-8,11H2,1H3,(H,19,22)(H,20,23). The predicted molar refractivity (Wildman–Crippen MR) is 91.2 cm³/mol. The van der Waals surface area contributed by atoms with Gasteiger partial charge < -0.3 is 20.0 Å². The van der Waals surface area contributed by atoms with Crippen molar-refractivity contribution in [3.8, 4) is 0 Å². The van der Waals surface area contributed by atoms with Gasteiger partial charge in [-0.3, -0.25) is 14.4 Å². The summed E-state index contributed by atoms with van der Waals surface area (Å²) in [5.41, 5.74) is 0.997. The van der Waals surface area contributed by atoms with Gasteiger partial charge in [-0.25, -0.2) is 0 Å². The number of hydrogen-bond acceptors (Lipinski definition) is 4. The fourth-order valence-electron chi connectivity index (χ4n) is 2.31. The molecule has 25 heavy (non-hydrogen) atoms. The number of rotatable bonds is 6. The summed E-state index contributed by atoms with van der Waals surface area (Å²) >= 11 is 0. The molecule has 0 bridgehead atoms. The van der Waals surface area contributed by atoms with Crippen LogP contribution < -0.4 is 10.6 Å². The predicted octanol–water partition coefficient (Wildman–Crippen LogP) is 1.88. The fourth-order valence-corrected chi connectivity index (χ4v) is 2.31. The van der Waals surface area contributed by atoms with Gasteiger partial charge in [0.1, 0.15) is 0 Å². The SMILES string of the molecule is CN(CC(=O)Nc1cccc(C(=O)NC2CC2)c1)C(=O)c1ccco1. The van der Waals surface area contributed by atoms with Crippen molar-refractivity contribution >= 4 is 23.4 Å². The normalized spacial score (nSPS) is 13.2. The zero-order valence-electron chi connectivity index (χ0n) is 13.8. The number of carbonyl (C=O) groups is 3. The Morgan fingerprint density at radius 3 is 2.68 bits per heavy atom. The third kappa shape index (κ3) is 4.47. The second kappa shape index (κ2) is 7.21. The van der Waals surface area contributed by atoms with Crippen molar-refractivity contribution in [1.82, 2.24) is 10.2 Å². The van der Waals surface area contributed by atoms with E-state index < -0.39 is 0 Å². The highest BCUT2D eigenvalue weighted by Crippen LogP contribution is 2.20. The van der Waals surface area contributed by atoms with E-state index in [1.807, 2.05) is 0 Å². The molecule has 1 aromatic carbocycles. The van der Waals surface area contributed by atoms with Crippen LogP contribution in [0.1, 0.15) is 33.8 Å². The number of furan rings is 1. The lowest BCUT2D eigenvalue weighted by Crippen LogP contribution is -2.34. The van der Waals surface area contributed by atoms with Crippen molar-refractivity contribution in [3.05, 3.63) is 54.0 Å². The molecule has 7 heteroatoms. The molecule has 1 aliphatic rings. The lowest BCUT2D eigenvalue weighted by Gasteiger charge is -2.15. The zero-order valence-corrected chi connectivity index (χ0v) is 13.8. The largest absolute Gasteiger partial charge is 0.459 e. The average Bonchev–Trinajstić information content (AvgIpc) is 3.23. The lowest BCUT2D eigenvalue weighted by molar-refractivity contribution is -0.116. The molecule has 7 nitrogen and oxygen atoms in total. The van der Waals surface area contributed by atoms with Crippen LogP contribution in [0.25, 0.3) is 0 Å². The number of anilines is 1. The molecule has 3 rings (SSSR count). The maximum Gasteiger partial charge on any atom is 0.289 e. The summed E-state index contributed by atoms with van der Waals surface area (Å²) in [4.78, 5) is 37.5. The first-order valence-corrected chi connectivity index (χ1v) is 8.02. The number of carbonyl (C=O) groups excluding carboxylic acids is 3. The Hall–Kier alpha value is -3.09. The van der Waals surface area contributed by atoms with Crippen molar-refractivity contribution in [1.29, 1.82) is 0 Å². The van der Waals surface area contributed by atoms with Crippen LogP contribution in [0.4, 0.5) is 5.69 Å². The number of benzene rings is 1. The van der Waals surface area contributed by atoms with E-state index in [2.05, 4.69) is 10.6 Å². The van der Waals surface area contributed by atoms with E-state index in [1.54, 1.807) is 36.4 Å². The minimum Gasteiger partial charge on any atom is -0.459 e. The summed E-state index contributed by atoms with van der Waals surface area (Å²) < 4.78 is 5.03. The van der Waals surface area contributed by atoms with Gasteiger partial charge >= 0.3 is 0 Å². The van der Waals surface area contributed by atoms with Crippen LogP contribution in [-0.2, 0) is 4.79 Å². The van der Waals surface area contributed by atoms with Gasteiger partial charge in [-0.15, -0.1) is 0 Å². The van der Waals surface area contributed by atoms with Gasteiger partial charge in [0, 0.05) is 24.3 Å². The minimum atomic E-state index is -0.377. The lowest BCUT2D eigenvalue weighted by atomic mass is 10.2. The number of nitrogens with zero attached hydrogens (tertiary/aromatic N) is 1. The van der Waals surface area contributed by atoms with Crippen LogP contribution in [0.3, 0.4) is 0 Å². The smallest absolute Gasteiger partial charge is 0.289 e. The van der Waals surface area contributed by atoms with E-state index in [4.69, 9.17) is 4.42 Å². The summed E-state index contributed by atoms with van der Waals surface area (Å²) in [6.45, 7) is -0.127. The highest BCUT2D eigenvalue weighted by atomic mass is 16.3. The quantitative estimate of drug-likeness (QED) is 0.839. The summed E-state index contributed by atoms with van der Waals surface area (Å²) in [6.07, 6.45) is 3.43. The highest BCUT2D eigenvalue weighted by Gasteiger charge is 2.24. The molecule has 0 spiro atoms. The van der Waals surface area contributed by atoms with Crippen molar-refractivity contribution in [2.75, 3.05) is 18.9 Å². The van der Waals surface area contributed by atoms with Crippen molar-refractivity contribution < 1.29 is 18.8 Å². The molecular weight excluding hydrogens is 322 g/mol. The Morgan fingerprint density at radius 2 is 2.00 bits per heavy atom. The van der Waals surface area contributed by atoms with E-state index >= 15 is 0 Å². The van der Waals surface area contributed by atoms with Crippen molar-refractivity contribution in [2.24, 2.45) is 0 Å². The maximum atomic E-state index is 12.1. The minimum absolute atomic E-state index is 0.127. The molecule has 3 amide bonds. The molecule has 2 N–H and O–H groups in total.